The predicted molar refractivity (Wildman–Crippen MR) is 130 cm³/mol. The number of carbonyl (C=O) groups excluding carboxylic acids is 1. The molecule has 2 aromatic heterocycles. The molecule has 3 aromatic rings. The number of pyridine rings is 1. The van der Waals surface area contributed by atoms with Gasteiger partial charge in [-0.05, 0) is 43.5 Å². The third kappa shape index (κ3) is 4.30. The molecule has 0 unspecified atom stereocenters. The molecule has 3 aliphatic rings. The Morgan fingerprint density at radius 1 is 1.23 bits per heavy atom. The van der Waals surface area contributed by atoms with Gasteiger partial charge in [-0.1, -0.05) is 18.2 Å². The average molecular weight is 476 g/mol. The Hall–Kier alpha value is -3.65. The van der Waals surface area contributed by atoms with Crippen molar-refractivity contribution in [2.45, 2.75) is 31.9 Å². The van der Waals surface area contributed by atoms with Crippen molar-refractivity contribution in [3.8, 4) is 0 Å². The van der Waals surface area contributed by atoms with E-state index in [-0.39, 0.29) is 23.6 Å². The van der Waals surface area contributed by atoms with Crippen LogP contribution >= 0.6 is 0 Å². The molecule has 0 aliphatic carbocycles. The van der Waals surface area contributed by atoms with Crippen LogP contribution in [0.15, 0.2) is 60.6 Å². The van der Waals surface area contributed by atoms with Gasteiger partial charge in [0.05, 0.1) is 36.7 Å². The molecule has 182 valence electrons. The topological polar surface area (TPSA) is 105 Å². The third-order valence-corrected chi connectivity index (χ3v) is 7.45. The largest absolute Gasteiger partial charge is 0.497 e. The first-order valence-electron chi connectivity index (χ1n) is 11.9. The highest BCUT2D eigenvalue weighted by molar-refractivity contribution is 5.89. The molecule has 5 heterocycles. The Morgan fingerprint density at radius 3 is 2.77 bits per heavy atom. The maximum Gasteiger partial charge on any atom is 0.337 e. The maximum atomic E-state index is 12.3. The molecule has 35 heavy (non-hydrogen) atoms. The van der Waals surface area contributed by atoms with Gasteiger partial charge in [0.25, 0.3) is 0 Å². The predicted octanol–water partition coefficient (Wildman–Crippen LogP) is 3.96. The number of nitrogens with one attached hydrogen (secondary N) is 1. The van der Waals surface area contributed by atoms with E-state index in [9.17, 15) is 9.59 Å². The Labute approximate surface area is 203 Å². The van der Waals surface area contributed by atoms with Crippen molar-refractivity contribution < 1.29 is 24.2 Å². The second-order valence-corrected chi connectivity index (χ2v) is 9.28. The van der Waals surface area contributed by atoms with Gasteiger partial charge < -0.3 is 19.6 Å². The molecule has 4 atom stereocenters. The quantitative estimate of drug-likeness (QED) is 0.541. The van der Waals surface area contributed by atoms with Crippen LogP contribution in [0.4, 0.5) is 0 Å². The van der Waals surface area contributed by atoms with E-state index in [1.807, 2.05) is 0 Å². The standard InChI is InChI=1S/C21H24N2O3.C6H5NO2/c1-12-16-10-23-8-7-14-13-5-3-4-6-18(13)22-20(14)19(23)9-15(16)17(11-26-12)21(24)25-2;8-6(9)5-2-1-3-7-4-5/h3-6,11-12,15-16,19,22H,7-10H2,1-2H3;1-4H,(H,8,9)/t12-,15-,16+,19-;/m0./s1. The van der Waals surface area contributed by atoms with Crippen molar-refractivity contribution in [1.29, 1.82) is 0 Å². The fraction of sp³-hybridized carbons (Fsp3) is 0.370. The van der Waals surface area contributed by atoms with E-state index in [0.717, 1.165) is 25.9 Å². The summed E-state index contributed by atoms with van der Waals surface area (Å²) in [5.74, 6) is -0.683. The molecule has 1 fully saturated rings. The second-order valence-electron chi connectivity index (χ2n) is 9.28. The van der Waals surface area contributed by atoms with Gasteiger partial charge >= 0.3 is 11.9 Å². The number of para-hydroxylation sites is 1. The molecule has 0 amide bonds. The minimum atomic E-state index is -0.942. The van der Waals surface area contributed by atoms with E-state index in [0.29, 0.717) is 17.5 Å². The number of esters is 1. The number of nitrogens with zero attached hydrogens (tertiary/aromatic N) is 2. The van der Waals surface area contributed by atoms with Gasteiger partial charge in [-0.15, -0.1) is 0 Å². The minimum absolute atomic E-state index is 0.124. The molecule has 6 rings (SSSR count). The Bertz CT molecular complexity index is 1270. The van der Waals surface area contributed by atoms with Crippen LogP contribution in [0.1, 0.15) is 41.0 Å². The molecule has 8 heteroatoms. The molecule has 0 radical (unpaired) electrons. The van der Waals surface area contributed by atoms with Crippen LogP contribution in [0, 0.1) is 11.8 Å². The number of aromatic amines is 1. The van der Waals surface area contributed by atoms with E-state index in [2.05, 4.69) is 46.1 Å². The Balaban J connectivity index is 0.000000239. The fourth-order valence-corrected chi connectivity index (χ4v) is 5.68. The summed E-state index contributed by atoms with van der Waals surface area (Å²) in [4.78, 5) is 32.3. The van der Waals surface area contributed by atoms with Crippen LogP contribution < -0.4 is 0 Å². The molecule has 1 aromatic carbocycles. The normalized spacial score (nSPS) is 25.0. The van der Waals surface area contributed by atoms with Gasteiger partial charge in [0.15, 0.2) is 0 Å². The third-order valence-electron chi connectivity index (χ3n) is 7.45. The van der Waals surface area contributed by atoms with Crippen LogP contribution in [0.5, 0.6) is 0 Å². The summed E-state index contributed by atoms with van der Waals surface area (Å²) < 4.78 is 10.8. The van der Waals surface area contributed by atoms with Crippen LogP contribution in [-0.4, -0.2) is 58.2 Å². The lowest BCUT2D eigenvalue weighted by Gasteiger charge is -2.49. The van der Waals surface area contributed by atoms with Crippen molar-refractivity contribution in [2.24, 2.45) is 11.8 Å². The molecule has 0 spiro atoms. The highest BCUT2D eigenvalue weighted by Crippen LogP contribution is 2.47. The van der Waals surface area contributed by atoms with Crippen molar-refractivity contribution in [3.63, 3.8) is 0 Å². The Kier molecular flexibility index (Phi) is 6.30. The lowest BCUT2D eigenvalue weighted by atomic mass is 9.72. The van der Waals surface area contributed by atoms with E-state index in [1.54, 1.807) is 12.3 Å². The highest BCUT2D eigenvalue weighted by Gasteiger charge is 2.46. The Morgan fingerprint density at radius 2 is 2.06 bits per heavy atom. The van der Waals surface area contributed by atoms with Gasteiger partial charge in [0.1, 0.15) is 0 Å². The van der Waals surface area contributed by atoms with Gasteiger partial charge in [0.2, 0.25) is 0 Å². The number of ether oxygens (including phenoxy) is 2. The number of aromatic carboxylic acids is 1. The monoisotopic (exact) mass is 475 g/mol. The van der Waals surface area contributed by atoms with Crippen molar-refractivity contribution >= 4 is 22.8 Å². The number of aromatic nitrogens is 2. The lowest BCUT2D eigenvalue weighted by Crippen LogP contribution is -2.51. The summed E-state index contributed by atoms with van der Waals surface area (Å²) >= 11 is 0. The number of benzene rings is 1. The molecule has 0 saturated carbocycles. The van der Waals surface area contributed by atoms with Gasteiger partial charge in [-0.2, -0.15) is 0 Å². The van der Waals surface area contributed by atoms with Crippen LogP contribution in [0.2, 0.25) is 0 Å². The number of fused-ring (bicyclic) bond motifs is 6. The van der Waals surface area contributed by atoms with Crippen molar-refractivity contribution in [1.82, 2.24) is 14.9 Å². The smallest absolute Gasteiger partial charge is 0.337 e. The van der Waals surface area contributed by atoms with E-state index in [1.165, 1.54) is 47.7 Å². The number of rotatable bonds is 2. The molecule has 1 saturated heterocycles. The average Bonchev–Trinajstić information content (AvgIpc) is 3.28. The highest BCUT2D eigenvalue weighted by atomic mass is 16.5. The van der Waals surface area contributed by atoms with Crippen molar-refractivity contribution in [2.75, 3.05) is 20.2 Å². The zero-order chi connectivity index (χ0) is 24.5. The van der Waals surface area contributed by atoms with Crippen LogP contribution in [-0.2, 0) is 20.7 Å². The summed E-state index contributed by atoms with van der Waals surface area (Å²) in [5, 5.41) is 9.69. The number of carboxylic acids is 1. The molecule has 8 nitrogen and oxygen atoms in total. The number of methoxy groups -OCH3 is 1. The summed E-state index contributed by atoms with van der Waals surface area (Å²) in [6.07, 6.45) is 6.61. The lowest BCUT2D eigenvalue weighted by molar-refractivity contribution is -0.139. The number of H-pyrrole nitrogens is 1. The van der Waals surface area contributed by atoms with E-state index >= 15 is 0 Å². The number of hydrogen-bond donors (Lipinski definition) is 2. The molecular weight excluding hydrogens is 446 g/mol. The first kappa shape index (κ1) is 23.1. The van der Waals surface area contributed by atoms with Crippen LogP contribution in [0.3, 0.4) is 0 Å². The summed E-state index contributed by atoms with van der Waals surface area (Å²) in [6.45, 7) is 4.13. The summed E-state index contributed by atoms with van der Waals surface area (Å²) in [5.41, 5.74) is 4.91. The number of piperidine rings is 1. The summed E-state index contributed by atoms with van der Waals surface area (Å²) in [6, 6.07) is 12.0. The number of carboxylic acid groups (broad SMARTS) is 1. The molecular formula is C27H29N3O5. The first-order valence-corrected chi connectivity index (χ1v) is 11.9. The number of carbonyl (C=O) groups is 2. The van der Waals surface area contributed by atoms with Gasteiger partial charge in [0, 0.05) is 53.9 Å². The molecule has 3 aliphatic heterocycles. The van der Waals surface area contributed by atoms with E-state index < -0.39 is 5.97 Å². The van der Waals surface area contributed by atoms with E-state index in [4.69, 9.17) is 14.6 Å². The second kappa shape index (κ2) is 9.54. The minimum Gasteiger partial charge on any atom is -0.497 e. The fourth-order valence-electron chi connectivity index (χ4n) is 5.68. The molecule has 2 N–H and O–H groups in total. The zero-order valence-electron chi connectivity index (χ0n) is 19.8. The zero-order valence-corrected chi connectivity index (χ0v) is 19.8. The summed E-state index contributed by atoms with van der Waals surface area (Å²) in [7, 11) is 1.45. The number of hydrogen-bond acceptors (Lipinski definition) is 6. The molecule has 0 bridgehead atoms. The first-order chi connectivity index (χ1) is 17.0. The maximum absolute atomic E-state index is 12.3. The van der Waals surface area contributed by atoms with Gasteiger partial charge in [-0.25, -0.2) is 9.59 Å². The van der Waals surface area contributed by atoms with Crippen molar-refractivity contribution in [3.05, 3.63) is 77.4 Å². The van der Waals surface area contributed by atoms with Gasteiger partial charge in [-0.3, -0.25) is 9.88 Å². The van der Waals surface area contributed by atoms with Crippen LogP contribution in [0.25, 0.3) is 10.9 Å². The SMILES string of the molecule is COC(=O)C1=CO[C@@H](C)[C@H]2CN3CCc4c([nH]c5ccccc45)[C@@H]3C[C@H]12.O=C(O)c1cccnc1.